The number of aromatic amines is 1. The van der Waals surface area contributed by atoms with Crippen molar-refractivity contribution in [3.05, 3.63) is 10.6 Å². The third-order valence-corrected chi connectivity index (χ3v) is 2.72. The molecule has 2 aromatic rings. The number of tetrazole rings is 1. The summed E-state index contributed by atoms with van der Waals surface area (Å²) in [6.07, 6.45) is 0.941. The smallest absolute Gasteiger partial charge is 0.269 e. The highest BCUT2D eigenvalue weighted by atomic mass is 32.1. The van der Waals surface area contributed by atoms with E-state index in [1.165, 1.54) is 4.88 Å². The first kappa shape index (κ1) is 9.07. The first-order valence-electron chi connectivity index (χ1n) is 4.26. The molecule has 7 heteroatoms. The fourth-order valence-corrected chi connectivity index (χ4v) is 2.02. The van der Waals surface area contributed by atoms with Crippen LogP contribution in [0, 0.1) is 6.92 Å². The van der Waals surface area contributed by atoms with Crippen molar-refractivity contribution in [3.8, 4) is 0 Å². The summed E-state index contributed by atoms with van der Waals surface area (Å²) in [5.74, 6) is 0.446. The van der Waals surface area contributed by atoms with E-state index < -0.39 is 0 Å². The molecule has 2 rings (SSSR count). The van der Waals surface area contributed by atoms with Crippen LogP contribution in [0.2, 0.25) is 0 Å². The van der Waals surface area contributed by atoms with Gasteiger partial charge >= 0.3 is 0 Å². The van der Waals surface area contributed by atoms with E-state index in [1.807, 2.05) is 0 Å². The summed E-state index contributed by atoms with van der Waals surface area (Å²) < 4.78 is 0. The van der Waals surface area contributed by atoms with Crippen molar-refractivity contribution in [2.75, 3.05) is 5.32 Å². The lowest BCUT2D eigenvalue weighted by Gasteiger charge is -1.91. The molecule has 0 aliphatic rings. The molecule has 0 aromatic carbocycles. The van der Waals surface area contributed by atoms with Crippen molar-refractivity contribution in [1.82, 2.24) is 25.6 Å². The van der Waals surface area contributed by atoms with Crippen LogP contribution < -0.4 is 5.32 Å². The molecule has 0 radical (unpaired) electrons. The first-order chi connectivity index (χ1) is 6.79. The van der Waals surface area contributed by atoms with Crippen LogP contribution in [0.25, 0.3) is 0 Å². The van der Waals surface area contributed by atoms with Gasteiger partial charge in [0.1, 0.15) is 0 Å². The van der Waals surface area contributed by atoms with E-state index >= 15 is 0 Å². The van der Waals surface area contributed by atoms with Crippen molar-refractivity contribution in [2.45, 2.75) is 20.3 Å². The molecular formula is C7H10N6S. The molecule has 0 aliphatic heterocycles. The van der Waals surface area contributed by atoms with Crippen LogP contribution in [0.5, 0.6) is 0 Å². The summed E-state index contributed by atoms with van der Waals surface area (Å²) in [4.78, 5) is 5.61. The number of hydrogen-bond donors (Lipinski definition) is 2. The zero-order valence-electron chi connectivity index (χ0n) is 7.90. The number of aryl methyl sites for hydroxylation is 2. The minimum Gasteiger partial charge on any atom is -0.297 e. The van der Waals surface area contributed by atoms with Crippen LogP contribution in [0.4, 0.5) is 11.1 Å². The Labute approximate surface area is 84.8 Å². The number of nitrogens with one attached hydrogen (secondary N) is 2. The maximum Gasteiger partial charge on any atom is 0.269 e. The van der Waals surface area contributed by atoms with Gasteiger partial charge in [0.05, 0.1) is 5.69 Å². The molecular weight excluding hydrogens is 200 g/mol. The van der Waals surface area contributed by atoms with Gasteiger partial charge in [-0.25, -0.2) is 4.98 Å². The third-order valence-electron chi connectivity index (χ3n) is 1.79. The molecule has 14 heavy (non-hydrogen) atoms. The van der Waals surface area contributed by atoms with Crippen molar-refractivity contribution in [1.29, 1.82) is 0 Å². The van der Waals surface area contributed by atoms with Gasteiger partial charge in [-0.3, -0.25) is 5.32 Å². The van der Waals surface area contributed by atoms with Gasteiger partial charge in [0.25, 0.3) is 5.95 Å². The molecule has 0 spiro atoms. The second kappa shape index (κ2) is 3.70. The number of hydrogen-bond acceptors (Lipinski definition) is 6. The zero-order valence-corrected chi connectivity index (χ0v) is 8.72. The van der Waals surface area contributed by atoms with Crippen LogP contribution in [0.1, 0.15) is 17.5 Å². The SMILES string of the molecule is CCc1nc(Nc2nn[nH]n2)sc1C. The molecule has 2 aromatic heterocycles. The molecule has 2 heterocycles. The summed E-state index contributed by atoms with van der Waals surface area (Å²) >= 11 is 1.59. The van der Waals surface area contributed by atoms with E-state index in [4.69, 9.17) is 0 Å². The summed E-state index contributed by atoms with van der Waals surface area (Å²) in [6, 6.07) is 0. The van der Waals surface area contributed by atoms with Gasteiger partial charge in [-0.2, -0.15) is 5.21 Å². The quantitative estimate of drug-likeness (QED) is 0.797. The van der Waals surface area contributed by atoms with E-state index in [-0.39, 0.29) is 0 Å². The van der Waals surface area contributed by atoms with Gasteiger partial charge in [-0.15, -0.1) is 16.4 Å². The fourth-order valence-electron chi connectivity index (χ4n) is 1.12. The Kier molecular flexibility index (Phi) is 2.40. The second-order valence-corrected chi connectivity index (χ2v) is 3.94. The number of H-pyrrole nitrogens is 1. The zero-order chi connectivity index (χ0) is 9.97. The Balaban J connectivity index is 2.17. The van der Waals surface area contributed by atoms with E-state index in [0.717, 1.165) is 17.2 Å². The molecule has 2 N–H and O–H groups in total. The summed E-state index contributed by atoms with van der Waals surface area (Å²) in [6.45, 7) is 4.14. The average molecular weight is 210 g/mol. The standard InChI is InChI=1S/C7H10N6S/c1-3-5-4(2)14-7(8-5)9-6-10-12-13-11-6/h3H2,1-2H3,(H2,8,9,10,11,12,13). The van der Waals surface area contributed by atoms with E-state index in [9.17, 15) is 0 Å². The highest BCUT2D eigenvalue weighted by Gasteiger charge is 2.07. The van der Waals surface area contributed by atoms with Crippen molar-refractivity contribution in [3.63, 3.8) is 0 Å². The molecule has 0 saturated heterocycles. The Bertz CT molecular complexity index is 406. The molecule has 0 unspecified atom stereocenters. The third kappa shape index (κ3) is 1.72. The average Bonchev–Trinajstić information content (AvgIpc) is 2.76. The van der Waals surface area contributed by atoms with Crippen LogP contribution in [-0.4, -0.2) is 25.6 Å². The Hall–Kier alpha value is -1.50. The second-order valence-electron chi connectivity index (χ2n) is 2.74. The molecule has 0 atom stereocenters. The van der Waals surface area contributed by atoms with Gasteiger partial charge < -0.3 is 0 Å². The Morgan fingerprint density at radius 3 is 2.93 bits per heavy atom. The lowest BCUT2D eigenvalue weighted by Crippen LogP contribution is -1.92. The maximum atomic E-state index is 4.39. The van der Waals surface area contributed by atoms with Gasteiger partial charge in [0.2, 0.25) is 0 Å². The highest BCUT2D eigenvalue weighted by molar-refractivity contribution is 7.15. The van der Waals surface area contributed by atoms with Crippen LogP contribution >= 0.6 is 11.3 Å². The normalized spacial score (nSPS) is 10.4. The van der Waals surface area contributed by atoms with Crippen LogP contribution in [0.3, 0.4) is 0 Å². The molecule has 0 amide bonds. The van der Waals surface area contributed by atoms with Crippen molar-refractivity contribution >= 4 is 22.4 Å². The van der Waals surface area contributed by atoms with E-state index in [2.05, 4.69) is 44.8 Å². The van der Waals surface area contributed by atoms with Gasteiger partial charge in [0.15, 0.2) is 5.13 Å². The summed E-state index contributed by atoms with van der Waals surface area (Å²) in [5.41, 5.74) is 1.11. The Morgan fingerprint density at radius 2 is 2.36 bits per heavy atom. The minimum atomic E-state index is 0.446. The number of rotatable bonds is 3. The summed E-state index contributed by atoms with van der Waals surface area (Å²) in [7, 11) is 0. The number of thiazole rings is 1. The monoisotopic (exact) mass is 210 g/mol. The van der Waals surface area contributed by atoms with E-state index in [1.54, 1.807) is 11.3 Å². The molecule has 74 valence electrons. The molecule has 0 aliphatic carbocycles. The number of anilines is 2. The summed E-state index contributed by atoms with van der Waals surface area (Å²) in [5, 5.41) is 17.2. The topological polar surface area (TPSA) is 79.4 Å². The minimum absolute atomic E-state index is 0.446. The Morgan fingerprint density at radius 1 is 1.50 bits per heavy atom. The first-order valence-corrected chi connectivity index (χ1v) is 5.08. The molecule has 6 nitrogen and oxygen atoms in total. The van der Waals surface area contributed by atoms with Crippen molar-refractivity contribution < 1.29 is 0 Å². The fraction of sp³-hybridized carbons (Fsp3) is 0.429. The molecule has 0 fully saturated rings. The highest BCUT2D eigenvalue weighted by Crippen LogP contribution is 2.23. The number of nitrogens with zero attached hydrogens (tertiary/aromatic N) is 4. The number of aromatic nitrogens is 5. The van der Waals surface area contributed by atoms with Gasteiger partial charge in [0, 0.05) is 4.88 Å². The van der Waals surface area contributed by atoms with E-state index in [0.29, 0.717) is 5.95 Å². The predicted molar refractivity (Wildman–Crippen MR) is 53.7 cm³/mol. The lowest BCUT2D eigenvalue weighted by molar-refractivity contribution is 0.881. The van der Waals surface area contributed by atoms with Crippen LogP contribution in [0.15, 0.2) is 0 Å². The lowest BCUT2D eigenvalue weighted by atomic mass is 10.3. The van der Waals surface area contributed by atoms with Gasteiger partial charge in [-0.1, -0.05) is 12.0 Å². The maximum absolute atomic E-state index is 4.39. The van der Waals surface area contributed by atoms with Gasteiger partial charge in [-0.05, 0) is 18.6 Å². The molecule has 0 bridgehead atoms. The van der Waals surface area contributed by atoms with Crippen molar-refractivity contribution in [2.24, 2.45) is 0 Å². The van der Waals surface area contributed by atoms with Crippen LogP contribution in [-0.2, 0) is 6.42 Å². The predicted octanol–water partition coefficient (Wildman–Crippen LogP) is 1.27. The largest absolute Gasteiger partial charge is 0.297 e. The molecule has 0 saturated carbocycles.